The van der Waals surface area contributed by atoms with Gasteiger partial charge in [0.2, 0.25) is 0 Å². The highest BCUT2D eigenvalue weighted by Crippen LogP contribution is 2.18. The van der Waals surface area contributed by atoms with E-state index in [0.717, 1.165) is 16.6 Å². The van der Waals surface area contributed by atoms with Crippen LogP contribution in [0.4, 0.5) is 0 Å². The van der Waals surface area contributed by atoms with E-state index in [4.69, 9.17) is 5.26 Å². The SMILES string of the molecule is CC(C)=CC(=O)C(C#N)c1nc2ccccc2[nH]1. The lowest BCUT2D eigenvalue weighted by Crippen LogP contribution is -2.10. The van der Waals surface area contributed by atoms with Crippen LogP contribution in [0.2, 0.25) is 0 Å². The summed E-state index contributed by atoms with van der Waals surface area (Å²) >= 11 is 0. The Labute approximate surface area is 105 Å². The fourth-order valence-electron chi connectivity index (χ4n) is 1.74. The minimum atomic E-state index is -0.868. The number of aromatic amines is 1. The van der Waals surface area contributed by atoms with Crippen molar-refractivity contribution in [1.82, 2.24) is 9.97 Å². The van der Waals surface area contributed by atoms with Crippen molar-refractivity contribution in [2.75, 3.05) is 0 Å². The molecule has 18 heavy (non-hydrogen) atoms. The van der Waals surface area contributed by atoms with E-state index in [1.807, 2.05) is 44.2 Å². The van der Waals surface area contributed by atoms with Gasteiger partial charge in [0.25, 0.3) is 0 Å². The van der Waals surface area contributed by atoms with E-state index in [2.05, 4.69) is 9.97 Å². The van der Waals surface area contributed by atoms with Crippen LogP contribution in [0.15, 0.2) is 35.9 Å². The summed E-state index contributed by atoms with van der Waals surface area (Å²) in [6.45, 7) is 3.65. The van der Waals surface area contributed by atoms with Gasteiger partial charge in [-0.3, -0.25) is 4.79 Å². The van der Waals surface area contributed by atoms with E-state index >= 15 is 0 Å². The number of ketones is 1. The van der Waals surface area contributed by atoms with E-state index < -0.39 is 5.92 Å². The fourth-order valence-corrected chi connectivity index (χ4v) is 1.74. The van der Waals surface area contributed by atoms with Crippen molar-refractivity contribution >= 4 is 16.8 Å². The van der Waals surface area contributed by atoms with Crippen molar-refractivity contribution in [3.05, 3.63) is 41.7 Å². The van der Waals surface area contributed by atoms with E-state index in [1.165, 1.54) is 6.08 Å². The van der Waals surface area contributed by atoms with Crippen molar-refractivity contribution in [1.29, 1.82) is 5.26 Å². The summed E-state index contributed by atoms with van der Waals surface area (Å²) in [5.74, 6) is -0.704. The molecule has 2 rings (SSSR count). The van der Waals surface area contributed by atoms with Gasteiger partial charge in [0.15, 0.2) is 11.7 Å². The first-order valence-electron chi connectivity index (χ1n) is 5.65. The average molecular weight is 239 g/mol. The molecule has 1 atom stereocenters. The molecular formula is C14H13N3O. The molecule has 1 aromatic carbocycles. The maximum absolute atomic E-state index is 11.9. The molecule has 1 heterocycles. The number of nitrogens with one attached hydrogen (secondary N) is 1. The van der Waals surface area contributed by atoms with Crippen molar-refractivity contribution < 1.29 is 4.79 Å². The van der Waals surface area contributed by atoms with Crippen LogP contribution in [0.5, 0.6) is 0 Å². The molecule has 0 fully saturated rings. The number of benzene rings is 1. The smallest absolute Gasteiger partial charge is 0.180 e. The number of imidazole rings is 1. The standard InChI is InChI=1S/C14H13N3O/c1-9(2)7-13(18)10(8-15)14-16-11-5-3-4-6-12(11)17-14/h3-7,10H,1-2H3,(H,16,17). The number of nitrogens with zero attached hydrogens (tertiary/aromatic N) is 2. The molecule has 1 unspecified atom stereocenters. The molecule has 0 amide bonds. The Morgan fingerprint density at radius 3 is 2.78 bits per heavy atom. The molecule has 0 aliphatic carbocycles. The molecule has 0 aliphatic heterocycles. The van der Waals surface area contributed by atoms with E-state index in [-0.39, 0.29) is 5.78 Å². The van der Waals surface area contributed by atoms with Gasteiger partial charge in [-0.2, -0.15) is 5.26 Å². The van der Waals surface area contributed by atoms with Crippen molar-refractivity contribution in [3.8, 4) is 6.07 Å². The van der Waals surface area contributed by atoms with Crippen LogP contribution < -0.4 is 0 Å². The van der Waals surface area contributed by atoms with Gasteiger partial charge in [-0.15, -0.1) is 0 Å². The molecule has 0 aliphatic rings. The van der Waals surface area contributed by atoms with Gasteiger partial charge in [0.05, 0.1) is 17.1 Å². The fraction of sp³-hybridized carbons (Fsp3) is 0.214. The van der Waals surface area contributed by atoms with Gasteiger partial charge in [-0.05, 0) is 32.1 Å². The Balaban J connectivity index is 2.42. The minimum Gasteiger partial charge on any atom is -0.340 e. The molecular weight excluding hydrogens is 226 g/mol. The number of carbonyl (C=O) groups is 1. The topological polar surface area (TPSA) is 69.5 Å². The van der Waals surface area contributed by atoms with Crippen molar-refractivity contribution in [2.45, 2.75) is 19.8 Å². The molecule has 4 nitrogen and oxygen atoms in total. The predicted molar refractivity (Wildman–Crippen MR) is 68.9 cm³/mol. The zero-order valence-corrected chi connectivity index (χ0v) is 10.3. The summed E-state index contributed by atoms with van der Waals surface area (Å²) < 4.78 is 0. The second-order valence-electron chi connectivity index (χ2n) is 4.33. The number of H-pyrrole nitrogens is 1. The minimum absolute atomic E-state index is 0.239. The largest absolute Gasteiger partial charge is 0.340 e. The quantitative estimate of drug-likeness (QED) is 0.837. The van der Waals surface area contributed by atoms with Crippen molar-refractivity contribution in [3.63, 3.8) is 0 Å². The monoisotopic (exact) mass is 239 g/mol. The second-order valence-corrected chi connectivity index (χ2v) is 4.33. The van der Waals surface area contributed by atoms with Gasteiger partial charge in [-0.25, -0.2) is 4.98 Å². The Kier molecular flexibility index (Phi) is 3.24. The molecule has 1 aromatic heterocycles. The Hall–Kier alpha value is -2.41. The van der Waals surface area contributed by atoms with Crippen LogP contribution in [-0.4, -0.2) is 15.8 Å². The zero-order chi connectivity index (χ0) is 13.1. The zero-order valence-electron chi connectivity index (χ0n) is 10.3. The molecule has 4 heteroatoms. The number of hydrogen-bond acceptors (Lipinski definition) is 3. The maximum Gasteiger partial charge on any atom is 0.180 e. The lowest BCUT2D eigenvalue weighted by atomic mass is 10.0. The summed E-state index contributed by atoms with van der Waals surface area (Å²) in [5, 5.41) is 9.13. The average Bonchev–Trinajstić information content (AvgIpc) is 2.71. The van der Waals surface area contributed by atoms with Gasteiger partial charge in [0.1, 0.15) is 5.82 Å². The first kappa shape index (κ1) is 12.1. The number of nitriles is 1. The number of rotatable bonds is 3. The normalized spacial score (nSPS) is 11.8. The number of fused-ring (bicyclic) bond motifs is 1. The van der Waals surface area contributed by atoms with Crippen LogP contribution in [0.25, 0.3) is 11.0 Å². The number of aromatic nitrogens is 2. The summed E-state index contributed by atoms with van der Waals surface area (Å²) in [6.07, 6.45) is 1.47. The van der Waals surface area contributed by atoms with E-state index in [1.54, 1.807) is 0 Å². The maximum atomic E-state index is 11.9. The van der Waals surface area contributed by atoms with Gasteiger partial charge >= 0.3 is 0 Å². The molecule has 1 N–H and O–H groups in total. The van der Waals surface area contributed by atoms with E-state index in [9.17, 15) is 4.79 Å². The number of hydrogen-bond donors (Lipinski definition) is 1. The highest BCUT2D eigenvalue weighted by atomic mass is 16.1. The third kappa shape index (κ3) is 2.30. The Morgan fingerprint density at radius 1 is 1.44 bits per heavy atom. The first-order valence-corrected chi connectivity index (χ1v) is 5.65. The predicted octanol–water partition coefficient (Wildman–Crippen LogP) is 2.71. The van der Waals surface area contributed by atoms with Crippen LogP contribution in [0.1, 0.15) is 25.6 Å². The van der Waals surface area contributed by atoms with Crippen LogP contribution >= 0.6 is 0 Å². The number of para-hydroxylation sites is 2. The van der Waals surface area contributed by atoms with Crippen molar-refractivity contribution in [2.24, 2.45) is 0 Å². The summed E-state index contributed by atoms with van der Waals surface area (Å²) in [5.41, 5.74) is 2.46. The number of carbonyl (C=O) groups excluding carboxylic acids is 1. The van der Waals surface area contributed by atoms with E-state index in [0.29, 0.717) is 5.82 Å². The third-order valence-corrected chi connectivity index (χ3v) is 2.53. The van der Waals surface area contributed by atoms with Gasteiger partial charge < -0.3 is 4.98 Å². The van der Waals surface area contributed by atoms with Crippen LogP contribution in [0.3, 0.4) is 0 Å². The van der Waals surface area contributed by atoms with Gasteiger partial charge in [-0.1, -0.05) is 17.7 Å². The summed E-state index contributed by atoms with van der Waals surface area (Å²) in [4.78, 5) is 19.2. The Bertz CT molecular complexity index is 624. The lowest BCUT2D eigenvalue weighted by molar-refractivity contribution is -0.115. The molecule has 0 bridgehead atoms. The molecule has 0 saturated heterocycles. The second kappa shape index (κ2) is 4.84. The molecule has 2 aromatic rings. The van der Waals surface area contributed by atoms with Crippen LogP contribution in [0, 0.1) is 11.3 Å². The molecule has 0 radical (unpaired) electrons. The highest BCUT2D eigenvalue weighted by Gasteiger charge is 2.21. The molecule has 90 valence electrons. The molecule has 0 saturated carbocycles. The lowest BCUT2D eigenvalue weighted by Gasteiger charge is -2.01. The summed E-state index contributed by atoms with van der Waals surface area (Å²) in [6, 6.07) is 9.45. The molecule has 0 spiro atoms. The first-order chi connectivity index (χ1) is 8.61. The summed E-state index contributed by atoms with van der Waals surface area (Å²) in [7, 11) is 0. The van der Waals surface area contributed by atoms with Crippen LogP contribution in [-0.2, 0) is 4.79 Å². The Morgan fingerprint density at radius 2 is 2.17 bits per heavy atom. The highest BCUT2D eigenvalue weighted by molar-refractivity contribution is 5.97. The van der Waals surface area contributed by atoms with Gasteiger partial charge in [0, 0.05) is 0 Å². The number of allylic oxidation sites excluding steroid dienone is 2. The third-order valence-electron chi connectivity index (χ3n) is 2.53.